The highest BCUT2D eigenvalue weighted by Gasteiger charge is 2.17. The van der Waals surface area contributed by atoms with Gasteiger partial charge in [0, 0.05) is 42.5 Å². The molecule has 0 saturated carbocycles. The largest absolute Gasteiger partial charge is 0.336 e. The van der Waals surface area contributed by atoms with Crippen LogP contribution in [-0.4, -0.2) is 39.3 Å². The molecule has 0 aliphatic heterocycles. The van der Waals surface area contributed by atoms with E-state index in [4.69, 9.17) is 4.98 Å². The highest BCUT2D eigenvalue weighted by Crippen LogP contribution is 2.29. The van der Waals surface area contributed by atoms with Gasteiger partial charge in [0.05, 0.1) is 16.7 Å². The van der Waals surface area contributed by atoms with Crippen molar-refractivity contribution in [2.45, 2.75) is 32.7 Å². The molecule has 0 aliphatic carbocycles. The molecule has 1 N–H and O–H groups in total. The molecule has 9 nitrogen and oxygen atoms in total. The van der Waals surface area contributed by atoms with Crippen molar-refractivity contribution in [2.24, 2.45) is 7.05 Å². The average molecular weight is 533 g/mol. The summed E-state index contributed by atoms with van der Waals surface area (Å²) in [6, 6.07) is 13.8. The van der Waals surface area contributed by atoms with E-state index < -0.39 is 0 Å². The van der Waals surface area contributed by atoms with E-state index in [9.17, 15) is 4.79 Å². The SMILES string of the molecule is CCCCc1cn(-c2c(Br)ccn2C)c(=O)n1Cc1ccc(-c2ccccc2-c2nnn[nH]2)cn1. The maximum atomic E-state index is 13.5. The van der Waals surface area contributed by atoms with Crippen molar-refractivity contribution in [1.82, 2.24) is 39.3 Å². The molecule has 0 radical (unpaired) electrons. The lowest BCUT2D eigenvalue weighted by Gasteiger charge is -2.09. The minimum absolute atomic E-state index is 0.0763. The quantitative estimate of drug-likeness (QED) is 0.319. The van der Waals surface area contributed by atoms with Gasteiger partial charge in [-0.3, -0.25) is 14.1 Å². The van der Waals surface area contributed by atoms with E-state index in [0.717, 1.165) is 57.6 Å². The summed E-state index contributed by atoms with van der Waals surface area (Å²) in [6.07, 6.45) is 8.62. The van der Waals surface area contributed by atoms with Crippen molar-refractivity contribution in [3.05, 3.63) is 87.4 Å². The van der Waals surface area contributed by atoms with Crippen molar-refractivity contribution in [2.75, 3.05) is 0 Å². The second-order valence-corrected chi connectivity index (χ2v) is 9.25. The maximum absolute atomic E-state index is 13.5. The summed E-state index contributed by atoms with van der Waals surface area (Å²) >= 11 is 3.57. The van der Waals surface area contributed by atoms with Gasteiger partial charge in [-0.25, -0.2) is 9.89 Å². The van der Waals surface area contributed by atoms with Crippen LogP contribution in [0.1, 0.15) is 31.2 Å². The molecule has 1 aromatic carbocycles. The first-order valence-corrected chi connectivity index (χ1v) is 12.3. The number of aromatic amines is 1. The number of aromatic nitrogens is 8. The second-order valence-electron chi connectivity index (χ2n) is 8.39. The lowest BCUT2D eigenvalue weighted by Crippen LogP contribution is -2.26. The third-order valence-corrected chi connectivity index (χ3v) is 6.67. The van der Waals surface area contributed by atoms with Gasteiger partial charge in [-0.2, -0.15) is 0 Å². The van der Waals surface area contributed by atoms with Crippen molar-refractivity contribution >= 4 is 15.9 Å². The first kappa shape index (κ1) is 23.0. The molecular weight excluding hydrogens is 508 g/mol. The second kappa shape index (κ2) is 9.83. The Balaban J connectivity index is 1.48. The van der Waals surface area contributed by atoms with Crippen LogP contribution in [0.15, 0.2) is 70.3 Å². The van der Waals surface area contributed by atoms with Gasteiger partial charge in [-0.15, -0.1) is 5.10 Å². The van der Waals surface area contributed by atoms with E-state index in [1.807, 2.05) is 77.2 Å². The van der Waals surface area contributed by atoms with E-state index in [1.54, 1.807) is 4.57 Å². The molecule has 5 rings (SSSR count). The Bertz CT molecular complexity index is 1480. The molecule has 0 fully saturated rings. The van der Waals surface area contributed by atoms with Crippen LogP contribution in [-0.2, 0) is 20.0 Å². The van der Waals surface area contributed by atoms with Crippen molar-refractivity contribution in [3.63, 3.8) is 0 Å². The van der Waals surface area contributed by atoms with E-state index in [-0.39, 0.29) is 5.69 Å². The van der Waals surface area contributed by atoms with Gasteiger partial charge < -0.3 is 4.57 Å². The number of hydrogen-bond donors (Lipinski definition) is 1. The first-order valence-electron chi connectivity index (χ1n) is 11.5. The number of tetrazole rings is 1. The van der Waals surface area contributed by atoms with Crippen LogP contribution in [0.3, 0.4) is 0 Å². The number of imidazole rings is 1. The van der Waals surface area contributed by atoms with Crippen LogP contribution in [0.4, 0.5) is 0 Å². The van der Waals surface area contributed by atoms with E-state index in [2.05, 4.69) is 43.5 Å². The van der Waals surface area contributed by atoms with Crippen LogP contribution in [0.2, 0.25) is 0 Å². The van der Waals surface area contributed by atoms with Crippen LogP contribution >= 0.6 is 15.9 Å². The number of nitrogens with zero attached hydrogens (tertiary/aromatic N) is 7. The molecule has 0 saturated heterocycles. The molecule has 178 valence electrons. The smallest absolute Gasteiger partial charge is 0.334 e. The van der Waals surface area contributed by atoms with E-state index in [0.29, 0.717) is 12.4 Å². The van der Waals surface area contributed by atoms with Crippen LogP contribution in [0, 0.1) is 0 Å². The van der Waals surface area contributed by atoms with E-state index >= 15 is 0 Å². The van der Waals surface area contributed by atoms with Crippen molar-refractivity contribution < 1.29 is 0 Å². The summed E-state index contributed by atoms with van der Waals surface area (Å²) < 4.78 is 6.36. The fourth-order valence-corrected chi connectivity index (χ4v) is 4.82. The number of benzene rings is 1. The number of hydrogen-bond acceptors (Lipinski definition) is 5. The Morgan fingerprint density at radius 1 is 1.09 bits per heavy atom. The van der Waals surface area contributed by atoms with E-state index in [1.165, 1.54) is 0 Å². The highest BCUT2D eigenvalue weighted by atomic mass is 79.9. The van der Waals surface area contributed by atoms with Crippen LogP contribution in [0.25, 0.3) is 28.3 Å². The molecule has 0 bridgehead atoms. The summed E-state index contributed by atoms with van der Waals surface area (Å²) in [5, 5.41) is 14.2. The summed E-state index contributed by atoms with van der Waals surface area (Å²) in [5.74, 6) is 1.42. The Labute approximate surface area is 210 Å². The fourth-order valence-electron chi connectivity index (χ4n) is 4.23. The Morgan fingerprint density at radius 2 is 1.91 bits per heavy atom. The molecule has 10 heteroatoms. The Morgan fingerprint density at radius 3 is 2.57 bits per heavy atom. The molecule has 35 heavy (non-hydrogen) atoms. The Kier molecular flexibility index (Phi) is 6.45. The van der Waals surface area contributed by atoms with Gasteiger partial charge in [-0.1, -0.05) is 43.7 Å². The molecule has 4 aromatic heterocycles. The molecule has 0 amide bonds. The number of pyridine rings is 1. The molecule has 0 unspecified atom stereocenters. The number of halogens is 1. The summed E-state index contributed by atoms with van der Waals surface area (Å²) in [6.45, 7) is 2.56. The topological polar surface area (TPSA) is 99.2 Å². The van der Waals surface area contributed by atoms with Gasteiger partial charge in [0.15, 0.2) is 5.82 Å². The van der Waals surface area contributed by atoms with Crippen molar-refractivity contribution in [3.8, 4) is 28.3 Å². The number of aryl methyl sites for hydroxylation is 2. The minimum atomic E-state index is -0.0763. The number of H-pyrrole nitrogens is 1. The lowest BCUT2D eigenvalue weighted by molar-refractivity contribution is 0.661. The normalized spacial score (nSPS) is 11.3. The van der Waals surface area contributed by atoms with Crippen molar-refractivity contribution in [1.29, 1.82) is 0 Å². The standard InChI is InChI=1S/C25H25BrN8O/c1-3-4-7-19-16-34(24-22(26)12-13-32(24)2)25(35)33(19)15-18-11-10-17(14-27-18)20-8-5-6-9-21(20)23-28-30-31-29-23/h5-6,8-14,16H,3-4,7,15H2,1-2H3,(H,28,29,30,31). The molecule has 4 heterocycles. The third kappa shape index (κ3) is 4.49. The highest BCUT2D eigenvalue weighted by molar-refractivity contribution is 9.10. The predicted molar refractivity (Wildman–Crippen MR) is 137 cm³/mol. The van der Waals surface area contributed by atoms with Gasteiger partial charge in [0.25, 0.3) is 0 Å². The summed E-state index contributed by atoms with van der Waals surface area (Å²) in [7, 11) is 1.93. The number of unbranched alkanes of at least 4 members (excludes halogenated alkanes) is 1. The zero-order valence-electron chi connectivity index (χ0n) is 19.5. The number of rotatable bonds is 8. The minimum Gasteiger partial charge on any atom is -0.336 e. The monoisotopic (exact) mass is 532 g/mol. The molecule has 0 spiro atoms. The first-order chi connectivity index (χ1) is 17.1. The lowest BCUT2D eigenvalue weighted by atomic mass is 10.0. The van der Waals surface area contributed by atoms with Gasteiger partial charge in [0.1, 0.15) is 5.82 Å². The summed E-state index contributed by atoms with van der Waals surface area (Å²) in [5.41, 5.74) is 4.56. The number of nitrogens with one attached hydrogen (secondary N) is 1. The zero-order valence-corrected chi connectivity index (χ0v) is 21.1. The fraction of sp³-hybridized carbons (Fsp3) is 0.240. The maximum Gasteiger partial charge on any atom is 0.334 e. The van der Waals surface area contributed by atoms with Crippen LogP contribution < -0.4 is 5.69 Å². The van der Waals surface area contributed by atoms with Gasteiger partial charge >= 0.3 is 5.69 Å². The molecule has 5 aromatic rings. The molecular formula is C25H25BrN8O. The summed E-state index contributed by atoms with van der Waals surface area (Å²) in [4.78, 5) is 18.2. The van der Waals surface area contributed by atoms with Gasteiger partial charge in [-0.05, 0) is 56.9 Å². The van der Waals surface area contributed by atoms with Crippen LogP contribution in [0.5, 0.6) is 0 Å². The Hall–Kier alpha value is -3.79. The predicted octanol–water partition coefficient (Wildman–Crippen LogP) is 4.37. The molecule has 0 aliphatic rings. The zero-order chi connectivity index (χ0) is 24.4. The molecule has 0 atom stereocenters. The average Bonchev–Trinajstić information content (AvgIpc) is 3.60. The van der Waals surface area contributed by atoms with Gasteiger partial charge in [0.2, 0.25) is 0 Å². The third-order valence-electron chi connectivity index (χ3n) is 6.05.